The number of pyridine rings is 1. The lowest BCUT2D eigenvalue weighted by Gasteiger charge is -2.08. The number of aliphatic imine (C=N–C) groups is 1. The van der Waals surface area contributed by atoms with Crippen LogP contribution in [-0.2, 0) is 0 Å². The Morgan fingerprint density at radius 3 is 2.72 bits per heavy atom. The summed E-state index contributed by atoms with van der Waals surface area (Å²) in [5.41, 5.74) is 1.64. The van der Waals surface area contributed by atoms with Gasteiger partial charge in [-0.25, -0.2) is 14.7 Å². The number of rotatable bonds is 11. The van der Waals surface area contributed by atoms with Gasteiger partial charge in [0.25, 0.3) is 5.91 Å². The molecule has 3 saturated carbocycles. The summed E-state index contributed by atoms with van der Waals surface area (Å²) in [5, 5.41) is 8.12. The molecule has 2 spiro atoms. The first-order valence-electron chi connectivity index (χ1n) is 12.4. The molecule has 8 nitrogen and oxygen atoms in total. The molecular weight excluding hydrogens is 496 g/mol. The number of nitrogens with one attached hydrogen (secondary N) is 2. The van der Waals surface area contributed by atoms with Crippen LogP contribution in [0.15, 0.2) is 54.4 Å². The van der Waals surface area contributed by atoms with Crippen LogP contribution >= 0.6 is 23.5 Å². The average Bonchev–Trinajstić information content (AvgIpc) is 3.83. The summed E-state index contributed by atoms with van der Waals surface area (Å²) in [6, 6.07) is 5.13. The van der Waals surface area contributed by atoms with E-state index in [1.165, 1.54) is 25.7 Å². The minimum atomic E-state index is -0.392. The van der Waals surface area contributed by atoms with Crippen molar-refractivity contribution in [3.63, 3.8) is 0 Å². The van der Waals surface area contributed by atoms with E-state index in [4.69, 9.17) is 16.3 Å². The van der Waals surface area contributed by atoms with Crippen LogP contribution in [0.5, 0.6) is 5.88 Å². The molecule has 3 aliphatic rings. The number of ether oxygens (including phenoxy) is 1. The van der Waals surface area contributed by atoms with E-state index in [9.17, 15) is 4.79 Å². The lowest BCUT2D eigenvalue weighted by molar-refractivity contribution is 0.0984. The van der Waals surface area contributed by atoms with Gasteiger partial charge in [-0.15, -0.1) is 5.10 Å². The van der Waals surface area contributed by atoms with E-state index in [-0.39, 0.29) is 10.7 Å². The van der Waals surface area contributed by atoms with Crippen LogP contribution in [0, 0.1) is 16.7 Å². The third kappa shape index (κ3) is 4.78. The Balaban J connectivity index is 1.13. The Morgan fingerprint density at radius 1 is 1.33 bits per heavy atom. The Bertz CT molecular complexity index is 1200. The molecule has 2 aromatic heterocycles. The average molecular weight is 527 g/mol. The molecule has 3 aliphatic carbocycles. The van der Waals surface area contributed by atoms with Crippen molar-refractivity contribution in [3.05, 3.63) is 60.2 Å². The maximum Gasteiger partial charge on any atom is 0.264 e. The van der Waals surface area contributed by atoms with E-state index in [1.54, 1.807) is 29.1 Å². The molecule has 2 heterocycles. The van der Waals surface area contributed by atoms with Gasteiger partial charge in [0.1, 0.15) is 16.0 Å². The van der Waals surface area contributed by atoms with Crippen molar-refractivity contribution in [2.75, 3.05) is 13.2 Å². The van der Waals surface area contributed by atoms with Gasteiger partial charge >= 0.3 is 0 Å². The smallest absolute Gasteiger partial charge is 0.264 e. The van der Waals surface area contributed by atoms with Crippen LogP contribution in [0.25, 0.3) is 5.82 Å². The second kappa shape index (κ2) is 9.94. The summed E-state index contributed by atoms with van der Waals surface area (Å²) < 4.78 is 10.2. The van der Waals surface area contributed by atoms with Crippen LogP contribution in [0.1, 0.15) is 55.8 Å². The molecule has 190 valence electrons. The second-order valence-electron chi connectivity index (χ2n) is 9.67. The monoisotopic (exact) mass is 526 g/mol. The van der Waals surface area contributed by atoms with Gasteiger partial charge in [0.2, 0.25) is 5.88 Å². The number of hydrogen-bond acceptors (Lipinski definition) is 7. The summed E-state index contributed by atoms with van der Waals surface area (Å²) in [6.07, 6.45) is 11.1. The highest BCUT2D eigenvalue weighted by molar-refractivity contribution is 8.13. The van der Waals surface area contributed by atoms with Crippen molar-refractivity contribution in [1.29, 1.82) is 0 Å². The lowest BCUT2D eigenvalue weighted by Crippen LogP contribution is -2.19. The Morgan fingerprint density at radius 2 is 2.08 bits per heavy atom. The summed E-state index contributed by atoms with van der Waals surface area (Å²) in [7, 11) is 0. The first-order chi connectivity index (χ1) is 17.4. The second-order valence-corrected chi connectivity index (χ2v) is 10.9. The van der Waals surface area contributed by atoms with Crippen molar-refractivity contribution in [3.8, 4) is 11.7 Å². The van der Waals surface area contributed by atoms with Gasteiger partial charge < -0.3 is 10.1 Å². The molecule has 0 aromatic carbocycles. The first kappa shape index (κ1) is 24.9. The maximum atomic E-state index is 12.6. The number of aromatic nitrogens is 3. The molecular formula is C26H31ClN6O2S. The zero-order valence-corrected chi connectivity index (χ0v) is 22.0. The Labute approximate surface area is 220 Å². The Hall–Kier alpha value is -2.78. The van der Waals surface area contributed by atoms with E-state index in [1.807, 2.05) is 6.07 Å². The fourth-order valence-electron chi connectivity index (χ4n) is 5.58. The molecule has 36 heavy (non-hydrogen) atoms. The third-order valence-corrected chi connectivity index (χ3v) is 8.64. The molecule has 0 bridgehead atoms. The molecule has 0 aliphatic heterocycles. The number of carbonyl (C=O) groups excluding carboxylic acids is 1. The van der Waals surface area contributed by atoms with E-state index in [2.05, 4.69) is 45.2 Å². The van der Waals surface area contributed by atoms with Crippen LogP contribution in [0.3, 0.4) is 0 Å². The molecule has 0 unspecified atom stereocenters. The molecule has 0 radical (unpaired) electrons. The zero-order chi connectivity index (χ0) is 25.3. The molecule has 2 aromatic rings. The van der Waals surface area contributed by atoms with Crippen molar-refractivity contribution in [2.45, 2.75) is 45.4 Å². The zero-order valence-electron chi connectivity index (χ0n) is 20.4. The normalized spacial score (nSPS) is 18.7. The summed E-state index contributed by atoms with van der Waals surface area (Å²) in [5.74, 6) is 2.03. The number of nitrogens with zero attached hydrogens (tertiary/aromatic N) is 4. The number of amides is 1. The number of carbonyl (C=O) groups is 1. The van der Waals surface area contributed by atoms with Crippen molar-refractivity contribution < 1.29 is 9.53 Å². The summed E-state index contributed by atoms with van der Waals surface area (Å²) in [4.78, 5) is 21.3. The minimum absolute atomic E-state index is 0.0767. The van der Waals surface area contributed by atoms with Gasteiger partial charge in [-0.2, -0.15) is 0 Å². The standard InChI is InChI=1S/C26H31ClN6O2S/c1-4-14-28-17(3)29-22(5-2)36-32-24(34)18-6-7-20(30-23(18)27)33-15-8-21(31-33)35-16-9-19-25(10-11-25)26(19)12-13-26/h5-8,15,19,28H,2-4,9-14,16H2,1H3,(H,32,34)/b29-22+. The van der Waals surface area contributed by atoms with Gasteiger partial charge in [0, 0.05) is 30.8 Å². The van der Waals surface area contributed by atoms with Gasteiger partial charge in [0.05, 0.1) is 12.2 Å². The predicted molar refractivity (Wildman–Crippen MR) is 143 cm³/mol. The molecule has 2 N–H and O–H groups in total. The van der Waals surface area contributed by atoms with Crippen molar-refractivity contribution in [1.82, 2.24) is 24.8 Å². The van der Waals surface area contributed by atoms with Crippen LogP contribution in [0.4, 0.5) is 0 Å². The molecule has 3 fully saturated rings. The van der Waals surface area contributed by atoms with Gasteiger partial charge in [-0.05, 0) is 73.5 Å². The van der Waals surface area contributed by atoms with Crippen molar-refractivity contribution >= 4 is 34.5 Å². The van der Waals surface area contributed by atoms with Gasteiger partial charge in [-0.1, -0.05) is 31.7 Å². The molecule has 0 atom stereocenters. The highest BCUT2D eigenvalue weighted by atomic mass is 35.5. The van der Waals surface area contributed by atoms with E-state index < -0.39 is 5.91 Å². The molecule has 10 heteroatoms. The fourth-order valence-corrected chi connectivity index (χ4v) is 6.36. The SMILES string of the molecule is C=C/C(=N\C(=C)NCCC)SNC(=O)c1ccc(-n2ccc(OCCC3C4(CC4)C34CC4)n2)nc1Cl. The highest BCUT2D eigenvalue weighted by Crippen LogP contribution is 2.93. The largest absolute Gasteiger partial charge is 0.477 e. The summed E-state index contributed by atoms with van der Waals surface area (Å²) in [6.45, 7) is 11.1. The fraction of sp³-hybridized carbons (Fsp3) is 0.462. The number of hydrogen-bond donors (Lipinski definition) is 2. The predicted octanol–water partition coefficient (Wildman–Crippen LogP) is 5.31. The lowest BCUT2D eigenvalue weighted by atomic mass is 10.2. The topological polar surface area (TPSA) is 93.4 Å². The summed E-state index contributed by atoms with van der Waals surface area (Å²) >= 11 is 7.37. The molecule has 0 saturated heterocycles. The van der Waals surface area contributed by atoms with Gasteiger partial charge in [-0.3, -0.25) is 9.52 Å². The van der Waals surface area contributed by atoms with Gasteiger partial charge in [0.15, 0.2) is 5.82 Å². The maximum absolute atomic E-state index is 12.6. The van der Waals surface area contributed by atoms with Crippen LogP contribution in [0.2, 0.25) is 5.15 Å². The molecule has 5 rings (SSSR count). The quantitative estimate of drug-likeness (QED) is 0.178. The van der Waals surface area contributed by atoms with E-state index in [0.29, 0.717) is 40.0 Å². The van der Waals surface area contributed by atoms with E-state index >= 15 is 0 Å². The number of halogens is 1. The first-order valence-corrected chi connectivity index (χ1v) is 13.6. The van der Waals surface area contributed by atoms with Crippen LogP contribution < -0.4 is 14.8 Å². The third-order valence-electron chi connectivity index (χ3n) is 7.60. The highest BCUT2D eigenvalue weighted by Gasteiger charge is 2.85. The van der Waals surface area contributed by atoms with Crippen LogP contribution in [-0.4, -0.2) is 38.9 Å². The van der Waals surface area contributed by atoms with E-state index in [0.717, 1.165) is 37.3 Å². The Kier molecular flexibility index (Phi) is 6.87. The van der Waals surface area contributed by atoms with Crippen molar-refractivity contribution in [2.24, 2.45) is 21.7 Å². The number of fused-ring (bicyclic) bond motifs is 1. The minimum Gasteiger partial charge on any atom is -0.477 e. The molecule has 1 amide bonds.